The van der Waals surface area contributed by atoms with Gasteiger partial charge in [-0.15, -0.1) is 0 Å². The first-order chi connectivity index (χ1) is 11.7. The molecule has 0 radical (unpaired) electrons. The molecule has 1 aromatic heterocycles. The molecule has 1 amide bonds. The summed E-state index contributed by atoms with van der Waals surface area (Å²) in [5, 5.41) is 13.1. The molecule has 3 heterocycles. The number of hydrogen-bond donors (Lipinski definition) is 1. The molecular weight excluding hydrogens is 343 g/mol. The number of rotatable bonds is 2. The van der Waals surface area contributed by atoms with Crippen LogP contribution in [0.5, 0.6) is 0 Å². The second kappa shape index (κ2) is 5.92. The lowest BCUT2D eigenvalue weighted by Gasteiger charge is -2.25. The maximum absolute atomic E-state index is 15.0. The molecule has 0 aromatic carbocycles. The zero-order valence-electron chi connectivity index (χ0n) is 13.6. The third kappa shape index (κ3) is 2.93. The van der Waals surface area contributed by atoms with Crippen LogP contribution in [-0.2, 0) is 35.0 Å². The zero-order chi connectivity index (χ0) is 18.4. The lowest BCUT2D eigenvalue weighted by Crippen LogP contribution is -2.39. The van der Waals surface area contributed by atoms with Gasteiger partial charge in [0.1, 0.15) is 5.69 Å². The van der Waals surface area contributed by atoms with E-state index in [4.69, 9.17) is 5.11 Å². The van der Waals surface area contributed by atoms with Crippen molar-refractivity contribution in [2.75, 3.05) is 13.2 Å². The predicted molar refractivity (Wildman–Crippen MR) is 78.0 cm³/mol. The fraction of sp³-hybridized carbons (Fsp3) is 0.667. The van der Waals surface area contributed by atoms with Crippen molar-refractivity contribution in [3.63, 3.8) is 0 Å². The Morgan fingerprint density at radius 2 is 2.04 bits per heavy atom. The summed E-state index contributed by atoms with van der Waals surface area (Å²) >= 11 is 0. The molecule has 25 heavy (non-hydrogen) atoms. The molecule has 2 aliphatic heterocycles. The smallest absolute Gasteiger partial charge is 0.407 e. The van der Waals surface area contributed by atoms with Gasteiger partial charge in [0.2, 0.25) is 5.67 Å². The first-order valence-electron chi connectivity index (χ1n) is 7.99. The van der Waals surface area contributed by atoms with Gasteiger partial charge in [-0.05, 0) is 6.92 Å². The molecule has 0 saturated carbocycles. The summed E-state index contributed by atoms with van der Waals surface area (Å²) < 4.78 is 49.8. The molecule has 10 heteroatoms. The molecule has 138 valence electrons. The molecule has 1 atom stereocenters. The molecule has 1 aromatic rings. The van der Waals surface area contributed by atoms with Crippen LogP contribution in [0.2, 0.25) is 0 Å². The number of fused-ring (bicyclic) bond motifs is 3. The quantitative estimate of drug-likeness (QED) is 0.816. The summed E-state index contributed by atoms with van der Waals surface area (Å²) in [5.74, 6) is -4.60. The molecule has 0 fully saturated rings. The Morgan fingerprint density at radius 1 is 1.32 bits per heavy atom. The fourth-order valence-electron chi connectivity index (χ4n) is 3.33. The minimum absolute atomic E-state index is 0.0586. The van der Waals surface area contributed by atoms with Gasteiger partial charge >= 0.3 is 12.1 Å². The van der Waals surface area contributed by atoms with Crippen LogP contribution in [0.1, 0.15) is 36.7 Å². The minimum Gasteiger partial charge on any atom is -0.465 e. The first kappa shape index (κ1) is 17.6. The third-order valence-corrected chi connectivity index (χ3v) is 4.60. The number of aromatic nitrogens is 2. The number of ether oxygens (including phenoxy) is 1. The zero-order valence-corrected chi connectivity index (χ0v) is 13.6. The maximum atomic E-state index is 15.0. The predicted octanol–water partition coefficient (Wildman–Crippen LogP) is 2.08. The molecule has 0 saturated heterocycles. The van der Waals surface area contributed by atoms with Gasteiger partial charge in [0, 0.05) is 31.4 Å². The summed E-state index contributed by atoms with van der Waals surface area (Å²) in [6, 6.07) is 0. The standard InChI is InChI=1S/C15H18F3N3O4/c1-2-25-12(22)14(16)4-5-15(17,18)11-9-7-20(13(23)24)6-3-10(9)19-21(11)8-14/h2-8H2,1H3,(H,23,24). The first-order valence-corrected chi connectivity index (χ1v) is 7.99. The number of alkyl halides is 3. The van der Waals surface area contributed by atoms with Crippen LogP contribution < -0.4 is 0 Å². The van der Waals surface area contributed by atoms with Crippen LogP contribution in [0.25, 0.3) is 0 Å². The van der Waals surface area contributed by atoms with E-state index in [-0.39, 0.29) is 31.7 Å². The Hall–Kier alpha value is -2.26. The molecule has 3 rings (SSSR count). The minimum atomic E-state index is -3.41. The van der Waals surface area contributed by atoms with Gasteiger partial charge < -0.3 is 14.7 Å². The number of carbonyl (C=O) groups is 2. The van der Waals surface area contributed by atoms with Gasteiger partial charge in [-0.3, -0.25) is 4.68 Å². The average Bonchev–Trinajstić information content (AvgIpc) is 2.85. The highest BCUT2D eigenvalue weighted by atomic mass is 19.3. The number of halogens is 3. The summed E-state index contributed by atoms with van der Waals surface area (Å²) in [6.07, 6.45) is -2.63. The number of carbonyl (C=O) groups excluding carboxylic acids is 1. The Balaban J connectivity index is 2.03. The largest absolute Gasteiger partial charge is 0.465 e. The highest BCUT2D eigenvalue weighted by Crippen LogP contribution is 2.43. The van der Waals surface area contributed by atoms with E-state index in [1.807, 2.05) is 0 Å². The Kier molecular flexibility index (Phi) is 4.16. The number of esters is 1. The van der Waals surface area contributed by atoms with Gasteiger partial charge in [0.15, 0.2) is 0 Å². The summed E-state index contributed by atoms with van der Waals surface area (Å²) in [4.78, 5) is 24.1. The molecule has 7 nitrogen and oxygen atoms in total. The lowest BCUT2D eigenvalue weighted by atomic mass is 9.96. The van der Waals surface area contributed by atoms with Crippen LogP contribution in [0.3, 0.4) is 0 Å². The molecule has 0 spiro atoms. The van der Waals surface area contributed by atoms with Gasteiger partial charge in [-0.1, -0.05) is 0 Å². The van der Waals surface area contributed by atoms with Crippen molar-refractivity contribution < 1.29 is 32.6 Å². The van der Waals surface area contributed by atoms with Crippen LogP contribution >= 0.6 is 0 Å². The normalized spacial score (nSPS) is 24.9. The maximum Gasteiger partial charge on any atom is 0.407 e. The Labute approximate surface area is 141 Å². The van der Waals surface area contributed by atoms with Crippen molar-refractivity contribution >= 4 is 12.1 Å². The van der Waals surface area contributed by atoms with E-state index in [9.17, 15) is 18.4 Å². The van der Waals surface area contributed by atoms with Crippen LogP contribution in [0.4, 0.5) is 18.0 Å². The monoisotopic (exact) mass is 361 g/mol. The Bertz CT molecular complexity index is 721. The van der Waals surface area contributed by atoms with Gasteiger partial charge in [0.05, 0.1) is 25.4 Å². The van der Waals surface area contributed by atoms with E-state index in [2.05, 4.69) is 9.84 Å². The average molecular weight is 361 g/mol. The highest BCUT2D eigenvalue weighted by molar-refractivity contribution is 5.79. The number of hydrogen-bond acceptors (Lipinski definition) is 4. The van der Waals surface area contributed by atoms with E-state index in [1.165, 1.54) is 6.92 Å². The second-order valence-electron chi connectivity index (χ2n) is 6.28. The van der Waals surface area contributed by atoms with Crippen LogP contribution in [0, 0.1) is 0 Å². The molecule has 1 N–H and O–H groups in total. The number of nitrogens with zero attached hydrogens (tertiary/aromatic N) is 3. The molecule has 1 unspecified atom stereocenters. The molecule has 0 aliphatic carbocycles. The van der Waals surface area contributed by atoms with Crippen molar-refractivity contribution in [3.8, 4) is 0 Å². The number of carboxylic acid groups (broad SMARTS) is 1. The van der Waals surface area contributed by atoms with Crippen molar-refractivity contribution in [2.45, 2.75) is 50.9 Å². The van der Waals surface area contributed by atoms with E-state index in [0.717, 1.165) is 9.58 Å². The third-order valence-electron chi connectivity index (χ3n) is 4.60. The Morgan fingerprint density at radius 3 is 2.68 bits per heavy atom. The SMILES string of the molecule is CCOC(=O)C1(F)CCC(F)(F)c2c3c(nn2C1)CCN(C(=O)O)C3. The summed E-state index contributed by atoms with van der Waals surface area (Å²) in [7, 11) is 0. The highest BCUT2D eigenvalue weighted by Gasteiger charge is 2.51. The van der Waals surface area contributed by atoms with Crippen molar-refractivity contribution in [1.82, 2.24) is 14.7 Å². The van der Waals surface area contributed by atoms with Crippen molar-refractivity contribution in [3.05, 3.63) is 17.0 Å². The van der Waals surface area contributed by atoms with E-state index >= 15 is 4.39 Å². The molecule has 0 bridgehead atoms. The van der Waals surface area contributed by atoms with E-state index in [0.29, 0.717) is 5.69 Å². The second-order valence-corrected chi connectivity index (χ2v) is 6.28. The molecule has 2 aliphatic rings. The van der Waals surface area contributed by atoms with Crippen LogP contribution in [0.15, 0.2) is 0 Å². The van der Waals surface area contributed by atoms with Crippen molar-refractivity contribution in [2.24, 2.45) is 0 Å². The fourth-order valence-corrected chi connectivity index (χ4v) is 3.33. The molecular formula is C15H18F3N3O4. The summed E-state index contributed by atoms with van der Waals surface area (Å²) in [6.45, 7) is 0.677. The lowest BCUT2D eigenvalue weighted by molar-refractivity contribution is -0.159. The van der Waals surface area contributed by atoms with Gasteiger partial charge in [0.25, 0.3) is 5.92 Å². The van der Waals surface area contributed by atoms with Crippen molar-refractivity contribution in [1.29, 1.82) is 0 Å². The topological polar surface area (TPSA) is 84.7 Å². The van der Waals surface area contributed by atoms with E-state index < -0.39 is 48.7 Å². The van der Waals surface area contributed by atoms with Crippen LogP contribution in [-0.4, -0.2) is 50.7 Å². The number of amides is 1. The van der Waals surface area contributed by atoms with Gasteiger partial charge in [-0.25, -0.2) is 14.0 Å². The summed E-state index contributed by atoms with van der Waals surface area (Å²) in [5.41, 5.74) is -2.67. The van der Waals surface area contributed by atoms with E-state index in [1.54, 1.807) is 0 Å². The van der Waals surface area contributed by atoms with Gasteiger partial charge in [-0.2, -0.15) is 13.9 Å².